The van der Waals surface area contributed by atoms with E-state index >= 15 is 0 Å². The van der Waals surface area contributed by atoms with Gasteiger partial charge < -0.3 is 5.11 Å². The lowest BCUT2D eigenvalue weighted by molar-refractivity contribution is -0.141. The molecule has 2 unspecified atom stereocenters. The van der Waals surface area contributed by atoms with Crippen LogP contribution in [0.1, 0.15) is 95.3 Å². The van der Waals surface area contributed by atoms with Gasteiger partial charge in [-0.3, -0.25) is 9.78 Å². The standard InChI is InChI=1S/C23H37NO2S3/c1-3-4-5-6-7-8-9-10-11-12-17-28-23(27)29-21(18-19(2)22(25)26)20-13-15-24-16-14-20/h13-16,19,21H,3-12,17-18H2,1-2H3,(H,25,26). The van der Waals surface area contributed by atoms with Gasteiger partial charge in [-0.15, -0.1) is 11.8 Å². The number of thiocarbonyl (C=S) groups is 1. The summed E-state index contributed by atoms with van der Waals surface area (Å²) in [7, 11) is 0. The summed E-state index contributed by atoms with van der Waals surface area (Å²) in [4.78, 5) is 15.3. The molecule has 0 aromatic carbocycles. The molecular weight excluding hydrogens is 418 g/mol. The molecule has 0 fully saturated rings. The van der Waals surface area contributed by atoms with Crippen molar-refractivity contribution >= 4 is 45.2 Å². The molecule has 1 aromatic heterocycles. The maximum absolute atomic E-state index is 11.3. The van der Waals surface area contributed by atoms with Crippen LogP contribution in [0.2, 0.25) is 0 Å². The fraction of sp³-hybridized carbons (Fsp3) is 0.696. The van der Waals surface area contributed by atoms with Crippen LogP contribution < -0.4 is 0 Å². The monoisotopic (exact) mass is 455 g/mol. The number of thioether (sulfide) groups is 2. The SMILES string of the molecule is CCCCCCCCCCCCSC(=S)SC(CC(C)C(=O)O)c1ccncc1. The molecule has 29 heavy (non-hydrogen) atoms. The maximum atomic E-state index is 11.3. The number of unbranched alkanes of at least 4 members (excludes halogenated alkanes) is 9. The predicted octanol–water partition coefficient (Wildman–Crippen LogP) is 7.91. The third kappa shape index (κ3) is 13.3. The molecule has 0 saturated carbocycles. The van der Waals surface area contributed by atoms with E-state index in [1.165, 1.54) is 64.2 Å². The van der Waals surface area contributed by atoms with E-state index in [1.54, 1.807) is 42.8 Å². The highest BCUT2D eigenvalue weighted by molar-refractivity contribution is 8.47. The van der Waals surface area contributed by atoms with E-state index in [4.69, 9.17) is 12.2 Å². The van der Waals surface area contributed by atoms with Gasteiger partial charge in [0.25, 0.3) is 0 Å². The van der Waals surface area contributed by atoms with Crippen molar-refractivity contribution in [2.75, 3.05) is 5.75 Å². The Hall–Kier alpha value is -0.590. The Labute approximate surface area is 191 Å². The molecule has 0 aliphatic rings. The van der Waals surface area contributed by atoms with Gasteiger partial charge in [-0.25, -0.2) is 0 Å². The van der Waals surface area contributed by atoms with E-state index < -0.39 is 11.9 Å². The van der Waals surface area contributed by atoms with E-state index in [0.717, 1.165) is 14.8 Å². The number of aromatic nitrogens is 1. The largest absolute Gasteiger partial charge is 0.481 e. The molecule has 0 amide bonds. The van der Waals surface area contributed by atoms with E-state index in [-0.39, 0.29) is 5.25 Å². The molecule has 0 saturated heterocycles. The van der Waals surface area contributed by atoms with Crippen molar-refractivity contribution in [2.45, 2.75) is 89.7 Å². The van der Waals surface area contributed by atoms with Gasteiger partial charge in [0.05, 0.1) is 5.92 Å². The van der Waals surface area contributed by atoms with Gasteiger partial charge in [0.1, 0.15) is 3.53 Å². The van der Waals surface area contributed by atoms with Crippen molar-refractivity contribution in [2.24, 2.45) is 5.92 Å². The Morgan fingerprint density at radius 1 is 1.03 bits per heavy atom. The van der Waals surface area contributed by atoms with Crippen LogP contribution in [0.4, 0.5) is 0 Å². The van der Waals surface area contributed by atoms with Crippen LogP contribution in [0.5, 0.6) is 0 Å². The number of carboxylic acid groups (broad SMARTS) is 1. The summed E-state index contributed by atoms with van der Waals surface area (Å²) in [6.45, 7) is 4.02. The Kier molecular flexibility index (Phi) is 15.6. The van der Waals surface area contributed by atoms with Crippen LogP contribution in [0.3, 0.4) is 0 Å². The molecule has 1 N–H and O–H groups in total. The summed E-state index contributed by atoms with van der Waals surface area (Å²) >= 11 is 8.95. The van der Waals surface area contributed by atoms with Gasteiger partial charge in [0.2, 0.25) is 0 Å². The summed E-state index contributed by atoms with van der Waals surface area (Å²) < 4.78 is 0.917. The fourth-order valence-corrected chi connectivity index (χ4v) is 6.04. The van der Waals surface area contributed by atoms with Gasteiger partial charge in [0.15, 0.2) is 0 Å². The minimum Gasteiger partial charge on any atom is -0.481 e. The van der Waals surface area contributed by atoms with Gasteiger partial charge in [-0.2, -0.15) is 0 Å². The van der Waals surface area contributed by atoms with E-state index in [2.05, 4.69) is 11.9 Å². The highest BCUT2D eigenvalue weighted by atomic mass is 32.2. The van der Waals surface area contributed by atoms with Crippen molar-refractivity contribution < 1.29 is 9.90 Å². The number of aliphatic carboxylic acids is 1. The highest BCUT2D eigenvalue weighted by Gasteiger charge is 2.22. The quantitative estimate of drug-likeness (QED) is 0.202. The molecule has 0 radical (unpaired) electrons. The molecule has 0 bridgehead atoms. The first kappa shape index (κ1) is 26.4. The van der Waals surface area contributed by atoms with Gasteiger partial charge in [-0.05, 0) is 36.3 Å². The Morgan fingerprint density at radius 2 is 1.59 bits per heavy atom. The number of hydrogen-bond acceptors (Lipinski definition) is 5. The van der Waals surface area contributed by atoms with E-state index in [9.17, 15) is 9.90 Å². The first-order chi connectivity index (χ1) is 14.0. The van der Waals surface area contributed by atoms with Crippen LogP contribution in [-0.2, 0) is 4.79 Å². The second kappa shape index (κ2) is 17.1. The summed E-state index contributed by atoms with van der Waals surface area (Å²) in [5.41, 5.74) is 1.10. The van der Waals surface area contributed by atoms with E-state index in [1.807, 2.05) is 12.1 Å². The summed E-state index contributed by atoms with van der Waals surface area (Å²) in [5.74, 6) is -0.0936. The van der Waals surface area contributed by atoms with Gasteiger partial charge in [-0.1, -0.05) is 95.6 Å². The molecule has 0 spiro atoms. The topological polar surface area (TPSA) is 50.2 Å². The minimum atomic E-state index is -0.756. The van der Waals surface area contributed by atoms with Crippen molar-refractivity contribution in [1.82, 2.24) is 4.98 Å². The van der Waals surface area contributed by atoms with Crippen LogP contribution in [0.25, 0.3) is 0 Å². The first-order valence-corrected chi connectivity index (χ1v) is 13.3. The molecule has 3 nitrogen and oxygen atoms in total. The number of carboxylic acids is 1. The predicted molar refractivity (Wildman–Crippen MR) is 133 cm³/mol. The molecule has 1 rings (SSSR count). The summed E-state index contributed by atoms with van der Waals surface area (Å²) in [6, 6.07) is 3.92. The van der Waals surface area contributed by atoms with Crippen LogP contribution in [-0.4, -0.2) is 25.3 Å². The van der Waals surface area contributed by atoms with Crippen LogP contribution in [0, 0.1) is 5.92 Å². The smallest absolute Gasteiger partial charge is 0.306 e. The van der Waals surface area contributed by atoms with E-state index in [0.29, 0.717) is 6.42 Å². The Morgan fingerprint density at radius 3 is 2.14 bits per heavy atom. The van der Waals surface area contributed by atoms with Crippen LogP contribution >= 0.6 is 35.7 Å². The molecule has 1 aromatic rings. The molecule has 6 heteroatoms. The maximum Gasteiger partial charge on any atom is 0.306 e. The van der Waals surface area contributed by atoms with Crippen molar-refractivity contribution in [3.05, 3.63) is 30.1 Å². The molecule has 2 atom stereocenters. The lowest BCUT2D eigenvalue weighted by Crippen LogP contribution is -2.13. The molecule has 0 aliphatic heterocycles. The lowest BCUT2D eigenvalue weighted by atomic mass is 10.0. The number of pyridine rings is 1. The third-order valence-electron chi connectivity index (χ3n) is 5.02. The minimum absolute atomic E-state index is 0.0665. The average molecular weight is 456 g/mol. The Bertz CT molecular complexity index is 569. The van der Waals surface area contributed by atoms with Crippen molar-refractivity contribution in [1.29, 1.82) is 0 Å². The zero-order chi connectivity index (χ0) is 21.3. The summed E-state index contributed by atoms with van der Waals surface area (Å²) in [5, 5.41) is 9.33. The lowest BCUT2D eigenvalue weighted by Gasteiger charge is -2.19. The normalized spacial score (nSPS) is 13.2. The number of carbonyl (C=O) groups is 1. The number of nitrogens with zero attached hydrogens (tertiary/aromatic N) is 1. The zero-order valence-corrected chi connectivity index (χ0v) is 20.4. The second-order valence-electron chi connectivity index (χ2n) is 7.64. The average Bonchev–Trinajstić information content (AvgIpc) is 2.72. The first-order valence-electron chi connectivity index (χ1n) is 11.0. The number of hydrogen-bond donors (Lipinski definition) is 1. The number of rotatable bonds is 16. The highest BCUT2D eigenvalue weighted by Crippen LogP contribution is 2.38. The van der Waals surface area contributed by atoms with Crippen molar-refractivity contribution in [3.63, 3.8) is 0 Å². The zero-order valence-electron chi connectivity index (χ0n) is 18.0. The molecule has 164 valence electrons. The van der Waals surface area contributed by atoms with Gasteiger partial charge >= 0.3 is 5.97 Å². The van der Waals surface area contributed by atoms with Crippen molar-refractivity contribution in [3.8, 4) is 0 Å². The van der Waals surface area contributed by atoms with Gasteiger partial charge in [0, 0.05) is 17.6 Å². The van der Waals surface area contributed by atoms with Crippen LogP contribution in [0.15, 0.2) is 24.5 Å². The molecular formula is C23H37NO2S3. The fourth-order valence-electron chi connectivity index (χ4n) is 3.15. The second-order valence-corrected chi connectivity index (χ2v) is 11.1. The third-order valence-corrected chi connectivity index (χ3v) is 7.98. The summed E-state index contributed by atoms with van der Waals surface area (Å²) in [6.07, 6.45) is 17.5. The molecule has 1 heterocycles. The molecule has 0 aliphatic carbocycles. The Balaban J connectivity index is 2.22.